The highest BCUT2D eigenvalue weighted by Crippen LogP contribution is 1.74. The van der Waals surface area contributed by atoms with Gasteiger partial charge in [-0.25, -0.2) is 0 Å². The number of carbonyl (C=O) groups excluding carboxylic acids is 1. The average Bonchev–Trinajstić information content (AvgIpc) is 1.82. The van der Waals surface area contributed by atoms with Crippen molar-refractivity contribution < 1.29 is 4.79 Å². The smallest absolute Gasteiger partial charge is 0.222 e. The summed E-state index contributed by atoms with van der Waals surface area (Å²) in [5.41, 5.74) is 0. The second-order valence-corrected chi connectivity index (χ2v) is 1.57. The third kappa shape index (κ3) is 4.69. The van der Waals surface area contributed by atoms with Crippen LogP contribution in [0.4, 0.5) is 0 Å². The summed E-state index contributed by atoms with van der Waals surface area (Å²) in [6.45, 7) is 2.95. The van der Waals surface area contributed by atoms with Crippen molar-refractivity contribution in [2.24, 2.45) is 21.4 Å². The van der Waals surface area contributed by atoms with Gasteiger partial charge in [-0.1, -0.05) is 5.22 Å². The summed E-state index contributed by atoms with van der Waals surface area (Å²) in [5, 5.41) is 11.8. The maximum absolute atomic E-state index is 10.3. The molecule has 0 rings (SSSR count). The van der Waals surface area contributed by atoms with E-state index < -0.39 is 0 Å². The first-order valence-electron chi connectivity index (χ1n) is 2.59. The van der Waals surface area contributed by atoms with E-state index in [2.05, 4.69) is 26.7 Å². The van der Waals surface area contributed by atoms with Crippen molar-refractivity contribution in [3.8, 4) is 0 Å². The van der Waals surface area contributed by atoms with E-state index >= 15 is 0 Å². The van der Waals surface area contributed by atoms with Crippen LogP contribution in [0.2, 0.25) is 0 Å². The molecule has 0 aromatic carbocycles. The van der Waals surface area contributed by atoms with Crippen LogP contribution in [0.25, 0.3) is 0 Å². The van der Waals surface area contributed by atoms with Gasteiger partial charge in [-0.05, 0) is 12.1 Å². The first-order valence-corrected chi connectivity index (χ1v) is 2.59. The van der Waals surface area contributed by atoms with Gasteiger partial charge in [-0.3, -0.25) is 4.79 Å². The summed E-state index contributed by atoms with van der Waals surface area (Å²) in [5.74, 6) is 4.81. The Bertz CT molecular complexity index is 172. The molecule has 0 saturated carbocycles. The number of nitrogens with zero attached hydrogens (tertiary/aromatic N) is 3. The Morgan fingerprint density at radius 2 is 2.10 bits per heavy atom. The van der Waals surface area contributed by atoms with E-state index in [0.29, 0.717) is 5.84 Å². The standard InChI is InChI=1S/C4H9N5O/c1-3(6-4(2)10)7-9-8-5/h1-2H3,(H2,5,9)(H,6,7,8,10). The number of amides is 1. The normalized spacial score (nSPS) is 12.0. The molecule has 0 aromatic heterocycles. The molecule has 0 aromatic rings. The summed E-state index contributed by atoms with van der Waals surface area (Å²) in [6, 6.07) is 0. The number of rotatable bonds is 1. The van der Waals surface area contributed by atoms with Crippen molar-refractivity contribution in [2.75, 3.05) is 0 Å². The Labute approximate surface area is 58.2 Å². The van der Waals surface area contributed by atoms with Gasteiger partial charge in [-0.15, -0.1) is 5.10 Å². The lowest BCUT2D eigenvalue weighted by Gasteiger charge is -1.94. The van der Waals surface area contributed by atoms with Crippen molar-refractivity contribution in [1.82, 2.24) is 5.32 Å². The number of carbonyl (C=O) groups is 1. The fourth-order valence-corrected chi connectivity index (χ4v) is 0.373. The monoisotopic (exact) mass is 143 g/mol. The van der Waals surface area contributed by atoms with E-state index in [4.69, 9.17) is 0 Å². The van der Waals surface area contributed by atoms with Crippen LogP contribution in [0.5, 0.6) is 0 Å². The molecule has 0 aliphatic rings. The molecule has 0 aliphatic carbocycles. The largest absolute Gasteiger partial charge is 0.313 e. The summed E-state index contributed by atoms with van der Waals surface area (Å²) in [6.07, 6.45) is 0. The Kier molecular flexibility index (Phi) is 3.78. The Morgan fingerprint density at radius 3 is 2.50 bits per heavy atom. The third-order valence-corrected chi connectivity index (χ3v) is 0.603. The number of nitrogens with one attached hydrogen (secondary N) is 1. The first kappa shape index (κ1) is 8.54. The molecule has 1 amide bonds. The van der Waals surface area contributed by atoms with Gasteiger partial charge >= 0.3 is 0 Å². The van der Waals surface area contributed by atoms with Gasteiger partial charge in [0.1, 0.15) is 5.84 Å². The van der Waals surface area contributed by atoms with Crippen LogP contribution in [0.3, 0.4) is 0 Å². The molecular weight excluding hydrogens is 134 g/mol. The molecule has 0 aliphatic heterocycles. The summed E-state index contributed by atoms with van der Waals surface area (Å²) >= 11 is 0. The summed E-state index contributed by atoms with van der Waals surface area (Å²) in [4.78, 5) is 10.3. The Morgan fingerprint density at radius 1 is 1.50 bits per heavy atom. The van der Waals surface area contributed by atoms with Crippen molar-refractivity contribution in [3.63, 3.8) is 0 Å². The second-order valence-electron chi connectivity index (χ2n) is 1.57. The van der Waals surface area contributed by atoms with Gasteiger partial charge in [0.15, 0.2) is 0 Å². The predicted molar refractivity (Wildman–Crippen MR) is 36.0 cm³/mol. The molecule has 0 atom stereocenters. The lowest BCUT2D eigenvalue weighted by molar-refractivity contribution is -0.117. The zero-order chi connectivity index (χ0) is 7.98. The molecule has 0 fully saturated rings. The van der Waals surface area contributed by atoms with Crippen LogP contribution in [-0.4, -0.2) is 11.7 Å². The number of hydrogen-bond acceptors (Lipinski definition) is 3. The summed E-state index contributed by atoms with van der Waals surface area (Å²) in [7, 11) is 0. The SMILES string of the molecule is CC(=O)N/C(C)=N/N=N\N. The van der Waals surface area contributed by atoms with E-state index in [-0.39, 0.29) is 5.91 Å². The molecule has 0 spiro atoms. The molecule has 3 N–H and O–H groups in total. The molecule has 10 heavy (non-hydrogen) atoms. The minimum atomic E-state index is -0.200. The lowest BCUT2D eigenvalue weighted by atomic mass is 10.6. The molecule has 0 radical (unpaired) electrons. The van der Waals surface area contributed by atoms with E-state index in [1.807, 2.05) is 0 Å². The zero-order valence-corrected chi connectivity index (χ0v) is 5.83. The van der Waals surface area contributed by atoms with Crippen molar-refractivity contribution in [1.29, 1.82) is 0 Å². The molecule has 6 nitrogen and oxygen atoms in total. The quantitative estimate of drug-likeness (QED) is 0.174. The molecule has 0 bridgehead atoms. The predicted octanol–water partition coefficient (Wildman–Crippen LogP) is -0.218. The first-order chi connectivity index (χ1) is 4.66. The fraction of sp³-hybridized carbons (Fsp3) is 0.500. The number of nitrogens with two attached hydrogens (primary N) is 1. The van der Waals surface area contributed by atoms with E-state index in [1.165, 1.54) is 6.92 Å². The van der Waals surface area contributed by atoms with Crippen molar-refractivity contribution in [3.05, 3.63) is 0 Å². The van der Waals surface area contributed by atoms with Gasteiger partial charge in [0.05, 0.1) is 0 Å². The molecule has 0 saturated heterocycles. The Balaban J connectivity index is 3.82. The topological polar surface area (TPSA) is 92.2 Å². The van der Waals surface area contributed by atoms with Gasteiger partial charge in [0.2, 0.25) is 5.91 Å². The van der Waals surface area contributed by atoms with E-state index in [0.717, 1.165) is 0 Å². The molecule has 56 valence electrons. The highest BCUT2D eigenvalue weighted by Gasteiger charge is 1.91. The summed E-state index contributed by atoms with van der Waals surface area (Å²) < 4.78 is 0. The van der Waals surface area contributed by atoms with Crippen LogP contribution in [0.1, 0.15) is 13.8 Å². The van der Waals surface area contributed by atoms with E-state index in [1.54, 1.807) is 6.92 Å². The van der Waals surface area contributed by atoms with Gasteiger partial charge in [-0.2, -0.15) is 0 Å². The van der Waals surface area contributed by atoms with Crippen LogP contribution >= 0.6 is 0 Å². The van der Waals surface area contributed by atoms with Crippen LogP contribution in [-0.2, 0) is 4.79 Å². The minimum absolute atomic E-state index is 0.200. The number of hydrogen-bond donors (Lipinski definition) is 2. The van der Waals surface area contributed by atoms with Crippen molar-refractivity contribution in [2.45, 2.75) is 13.8 Å². The van der Waals surface area contributed by atoms with Crippen molar-refractivity contribution >= 4 is 11.7 Å². The van der Waals surface area contributed by atoms with Gasteiger partial charge < -0.3 is 11.2 Å². The molecule has 6 heteroatoms. The van der Waals surface area contributed by atoms with E-state index in [9.17, 15) is 4.79 Å². The average molecular weight is 143 g/mol. The highest BCUT2D eigenvalue weighted by molar-refractivity contribution is 5.95. The Hall–Kier alpha value is -1.46. The molecule has 0 heterocycles. The second kappa shape index (κ2) is 4.42. The highest BCUT2D eigenvalue weighted by atomic mass is 16.1. The molecular formula is C4H9N5O. The van der Waals surface area contributed by atoms with Crippen LogP contribution in [0.15, 0.2) is 15.5 Å². The number of amidine groups is 1. The maximum atomic E-state index is 10.3. The third-order valence-electron chi connectivity index (χ3n) is 0.603. The zero-order valence-electron chi connectivity index (χ0n) is 5.83. The lowest BCUT2D eigenvalue weighted by Crippen LogP contribution is -2.24. The minimum Gasteiger partial charge on any atom is -0.313 e. The van der Waals surface area contributed by atoms with Crippen LogP contribution < -0.4 is 11.2 Å². The fourth-order valence-electron chi connectivity index (χ4n) is 0.373. The van der Waals surface area contributed by atoms with Gasteiger partial charge in [0.25, 0.3) is 0 Å². The maximum Gasteiger partial charge on any atom is 0.222 e. The van der Waals surface area contributed by atoms with Crippen LogP contribution in [0, 0.1) is 0 Å². The van der Waals surface area contributed by atoms with Gasteiger partial charge in [0, 0.05) is 6.92 Å². The molecule has 0 unspecified atom stereocenters.